The van der Waals surface area contributed by atoms with Crippen LogP contribution >= 0.6 is 0 Å². The summed E-state index contributed by atoms with van der Waals surface area (Å²) in [6.07, 6.45) is 1.92. The Labute approximate surface area is 117 Å². The molecule has 0 saturated carbocycles. The molecule has 0 spiro atoms. The Kier molecular flexibility index (Phi) is 3.04. The fraction of sp³-hybridized carbons (Fsp3) is 0.400. The van der Waals surface area contributed by atoms with Crippen molar-refractivity contribution < 1.29 is 19.0 Å². The summed E-state index contributed by atoms with van der Waals surface area (Å²) in [7, 11) is 4.62. The van der Waals surface area contributed by atoms with Gasteiger partial charge in [0.15, 0.2) is 0 Å². The van der Waals surface area contributed by atoms with Gasteiger partial charge in [-0.15, -0.1) is 0 Å². The predicted octanol–water partition coefficient (Wildman–Crippen LogP) is 2.39. The maximum Gasteiger partial charge on any atom is 0.340 e. The third-order valence-electron chi connectivity index (χ3n) is 3.85. The number of carbonyl (C=O) groups is 1. The van der Waals surface area contributed by atoms with Crippen molar-refractivity contribution in [2.45, 2.75) is 19.4 Å². The second kappa shape index (κ2) is 4.74. The zero-order valence-corrected chi connectivity index (χ0v) is 11.9. The first-order valence-corrected chi connectivity index (χ1v) is 6.56. The van der Waals surface area contributed by atoms with Gasteiger partial charge >= 0.3 is 5.97 Å². The van der Waals surface area contributed by atoms with Crippen molar-refractivity contribution >= 4 is 16.9 Å². The molecule has 1 aliphatic heterocycles. The molecule has 0 saturated heterocycles. The van der Waals surface area contributed by atoms with E-state index in [1.807, 2.05) is 6.07 Å². The molecule has 2 aromatic rings. The average Bonchev–Trinajstić information content (AvgIpc) is 3.05. The van der Waals surface area contributed by atoms with Crippen LogP contribution in [-0.4, -0.2) is 31.9 Å². The summed E-state index contributed by atoms with van der Waals surface area (Å²) in [6, 6.07) is 3.74. The van der Waals surface area contributed by atoms with E-state index in [0.717, 1.165) is 41.7 Å². The summed E-state index contributed by atoms with van der Waals surface area (Å²) in [4.78, 5) is 12.1. The lowest BCUT2D eigenvalue weighted by atomic mass is 10.1. The van der Waals surface area contributed by atoms with Crippen LogP contribution in [-0.2, 0) is 17.7 Å². The fourth-order valence-corrected chi connectivity index (χ4v) is 2.99. The van der Waals surface area contributed by atoms with Crippen LogP contribution < -0.4 is 9.47 Å². The van der Waals surface area contributed by atoms with Gasteiger partial charge in [-0.05, 0) is 12.8 Å². The van der Waals surface area contributed by atoms with Crippen LogP contribution in [0.2, 0.25) is 0 Å². The first kappa shape index (κ1) is 12.8. The van der Waals surface area contributed by atoms with Gasteiger partial charge in [-0.2, -0.15) is 0 Å². The molecule has 106 valence electrons. The SMILES string of the molecule is COC(=O)c1c2n(c3cc(OC)cc(OC)c13)CCC2. The van der Waals surface area contributed by atoms with Crippen LogP contribution in [0.15, 0.2) is 12.1 Å². The van der Waals surface area contributed by atoms with E-state index >= 15 is 0 Å². The van der Waals surface area contributed by atoms with Crippen molar-refractivity contribution in [1.29, 1.82) is 0 Å². The highest BCUT2D eigenvalue weighted by molar-refractivity contribution is 6.09. The minimum atomic E-state index is -0.311. The lowest BCUT2D eigenvalue weighted by Crippen LogP contribution is -2.04. The molecule has 0 amide bonds. The molecule has 0 fully saturated rings. The summed E-state index contributed by atoms with van der Waals surface area (Å²) in [6.45, 7) is 0.902. The van der Waals surface area contributed by atoms with Crippen molar-refractivity contribution in [2.75, 3.05) is 21.3 Å². The molecule has 5 heteroatoms. The number of ether oxygens (including phenoxy) is 3. The zero-order valence-electron chi connectivity index (χ0n) is 11.9. The van der Waals surface area contributed by atoms with Crippen LogP contribution in [0, 0.1) is 0 Å². The fourth-order valence-electron chi connectivity index (χ4n) is 2.99. The molecule has 2 heterocycles. The molecular formula is C15H17NO4. The number of hydrogen-bond acceptors (Lipinski definition) is 4. The Morgan fingerprint density at radius 2 is 2.00 bits per heavy atom. The number of carbonyl (C=O) groups excluding carboxylic acids is 1. The van der Waals surface area contributed by atoms with E-state index in [9.17, 15) is 4.79 Å². The van der Waals surface area contributed by atoms with Crippen LogP contribution in [0.5, 0.6) is 11.5 Å². The smallest absolute Gasteiger partial charge is 0.340 e. The number of methoxy groups -OCH3 is 3. The normalized spacial score (nSPS) is 13.3. The Morgan fingerprint density at radius 1 is 1.20 bits per heavy atom. The second-order valence-electron chi connectivity index (χ2n) is 4.79. The summed E-state index contributed by atoms with van der Waals surface area (Å²) in [5, 5.41) is 0.815. The molecule has 1 aliphatic rings. The number of fused-ring (bicyclic) bond motifs is 3. The second-order valence-corrected chi connectivity index (χ2v) is 4.79. The quantitative estimate of drug-likeness (QED) is 0.807. The van der Waals surface area contributed by atoms with Crippen molar-refractivity contribution in [1.82, 2.24) is 4.57 Å². The summed E-state index contributed by atoms with van der Waals surface area (Å²) >= 11 is 0. The summed E-state index contributed by atoms with van der Waals surface area (Å²) in [5.74, 6) is 1.05. The molecule has 0 atom stereocenters. The molecular weight excluding hydrogens is 258 g/mol. The van der Waals surface area contributed by atoms with E-state index in [4.69, 9.17) is 14.2 Å². The van der Waals surface area contributed by atoms with Crippen molar-refractivity contribution in [3.05, 3.63) is 23.4 Å². The molecule has 0 N–H and O–H groups in total. The van der Waals surface area contributed by atoms with E-state index in [1.165, 1.54) is 7.11 Å². The van der Waals surface area contributed by atoms with Gasteiger partial charge in [0.25, 0.3) is 0 Å². The molecule has 0 unspecified atom stereocenters. The van der Waals surface area contributed by atoms with Gasteiger partial charge < -0.3 is 18.8 Å². The molecule has 1 aromatic carbocycles. The molecule has 0 aliphatic carbocycles. The molecule has 0 bridgehead atoms. The maximum absolute atomic E-state index is 12.1. The Morgan fingerprint density at radius 3 is 2.65 bits per heavy atom. The average molecular weight is 275 g/mol. The summed E-state index contributed by atoms with van der Waals surface area (Å²) < 4.78 is 17.9. The van der Waals surface area contributed by atoms with E-state index < -0.39 is 0 Å². The number of nitrogens with zero attached hydrogens (tertiary/aromatic N) is 1. The van der Waals surface area contributed by atoms with E-state index in [1.54, 1.807) is 20.3 Å². The van der Waals surface area contributed by atoms with Gasteiger partial charge in [0.05, 0.1) is 37.8 Å². The number of aryl methyl sites for hydroxylation is 1. The first-order chi connectivity index (χ1) is 9.71. The minimum absolute atomic E-state index is 0.311. The number of esters is 1. The molecule has 0 radical (unpaired) electrons. The zero-order chi connectivity index (χ0) is 14.3. The lowest BCUT2D eigenvalue weighted by Gasteiger charge is -2.08. The van der Waals surface area contributed by atoms with Gasteiger partial charge in [0.2, 0.25) is 0 Å². The van der Waals surface area contributed by atoms with E-state index in [-0.39, 0.29) is 5.97 Å². The number of aromatic nitrogens is 1. The summed E-state index contributed by atoms with van der Waals surface area (Å²) in [5.41, 5.74) is 2.62. The number of hydrogen-bond donors (Lipinski definition) is 0. The van der Waals surface area contributed by atoms with Gasteiger partial charge in [0.1, 0.15) is 11.5 Å². The largest absolute Gasteiger partial charge is 0.497 e. The predicted molar refractivity (Wildman–Crippen MR) is 74.7 cm³/mol. The van der Waals surface area contributed by atoms with Crippen molar-refractivity contribution in [3.8, 4) is 11.5 Å². The Hall–Kier alpha value is -2.17. The van der Waals surface area contributed by atoms with E-state index in [2.05, 4.69) is 4.57 Å². The van der Waals surface area contributed by atoms with E-state index in [0.29, 0.717) is 11.3 Å². The van der Waals surface area contributed by atoms with Crippen LogP contribution in [0.25, 0.3) is 10.9 Å². The standard InChI is InChI=1S/C15H17NO4/c1-18-9-7-11-13(12(8-9)19-2)14(15(17)20-3)10-5-4-6-16(10)11/h7-8H,4-6H2,1-3H3. The lowest BCUT2D eigenvalue weighted by molar-refractivity contribution is 0.0601. The maximum atomic E-state index is 12.1. The highest BCUT2D eigenvalue weighted by atomic mass is 16.5. The third kappa shape index (κ3) is 1.66. The number of rotatable bonds is 3. The van der Waals surface area contributed by atoms with Gasteiger partial charge in [-0.1, -0.05) is 0 Å². The van der Waals surface area contributed by atoms with Crippen molar-refractivity contribution in [2.24, 2.45) is 0 Å². The van der Waals surface area contributed by atoms with Gasteiger partial charge in [0, 0.05) is 24.4 Å². The molecule has 5 nitrogen and oxygen atoms in total. The monoisotopic (exact) mass is 275 g/mol. The van der Waals surface area contributed by atoms with Gasteiger partial charge in [-0.25, -0.2) is 4.79 Å². The highest BCUT2D eigenvalue weighted by Crippen LogP contribution is 2.40. The van der Waals surface area contributed by atoms with Crippen molar-refractivity contribution in [3.63, 3.8) is 0 Å². The Balaban J connectivity index is 2.40. The Bertz CT molecular complexity index is 687. The van der Waals surface area contributed by atoms with Gasteiger partial charge in [-0.3, -0.25) is 0 Å². The molecule has 1 aromatic heterocycles. The number of benzene rings is 1. The molecule has 3 rings (SSSR count). The minimum Gasteiger partial charge on any atom is -0.497 e. The van der Waals surface area contributed by atoms with Crippen LogP contribution in [0.3, 0.4) is 0 Å². The van der Waals surface area contributed by atoms with Crippen LogP contribution in [0.1, 0.15) is 22.5 Å². The topological polar surface area (TPSA) is 49.7 Å². The highest BCUT2D eigenvalue weighted by Gasteiger charge is 2.28. The first-order valence-electron chi connectivity index (χ1n) is 6.56. The third-order valence-corrected chi connectivity index (χ3v) is 3.85. The molecule has 20 heavy (non-hydrogen) atoms. The van der Waals surface area contributed by atoms with Crippen LogP contribution in [0.4, 0.5) is 0 Å².